The third-order valence-corrected chi connectivity index (χ3v) is 6.63. The van der Waals surface area contributed by atoms with E-state index in [-0.39, 0.29) is 11.9 Å². The molecule has 0 saturated carbocycles. The van der Waals surface area contributed by atoms with Gasteiger partial charge in [-0.3, -0.25) is 9.69 Å². The number of benzene rings is 2. The fourth-order valence-corrected chi connectivity index (χ4v) is 4.66. The zero-order valence-electron chi connectivity index (χ0n) is 17.5. The number of nitrogens with one attached hydrogen (secondary N) is 1. The van der Waals surface area contributed by atoms with Crippen LogP contribution >= 0.6 is 11.3 Å². The molecule has 1 aliphatic heterocycles. The molecule has 1 unspecified atom stereocenters. The first-order valence-electron chi connectivity index (χ1n) is 10.4. The third-order valence-electron chi connectivity index (χ3n) is 5.79. The third kappa shape index (κ3) is 4.71. The summed E-state index contributed by atoms with van der Waals surface area (Å²) in [5.41, 5.74) is 5.04. The van der Waals surface area contributed by atoms with Gasteiger partial charge in [0, 0.05) is 43.4 Å². The van der Waals surface area contributed by atoms with E-state index in [0.717, 1.165) is 36.8 Å². The van der Waals surface area contributed by atoms with Crippen LogP contribution < -0.4 is 10.2 Å². The number of carbonyl (C=O) groups is 1. The van der Waals surface area contributed by atoms with Crippen LogP contribution in [0.2, 0.25) is 0 Å². The van der Waals surface area contributed by atoms with E-state index in [9.17, 15) is 4.79 Å². The summed E-state index contributed by atoms with van der Waals surface area (Å²) in [7, 11) is 0. The second-order valence-corrected chi connectivity index (χ2v) is 8.69. The molecule has 156 valence electrons. The SMILES string of the molecule is Cc1cccc(N2CCN(CC(=O)NC(c3ccccc3)c3nccs3)CC2)c1C. The molecule has 1 fully saturated rings. The molecule has 1 atom stereocenters. The van der Waals surface area contributed by atoms with E-state index in [2.05, 4.69) is 52.1 Å². The van der Waals surface area contributed by atoms with Crippen molar-refractivity contribution in [3.63, 3.8) is 0 Å². The molecule has 0 bridgehead atoms. The molecule has 1 saturated heterocycles. The second-order valence-electron chi connectivity index (χ2n) is 7.76. The maximum absolute atomic E-state index is 12.9. The van der Waals surface area contributed by atoms with Gasteiger partial charge >= 0.3 is 0 Å². The van der Waals surface area contributed by atoms with Gasteiger partial charge in [0.1, 0.15) is 11.0 Å². The number of piperazine rings is 1. The average Bonchev–Trinajstić information content (AvgIpc) is 3.30. The van der Waals surface area contributed by atoms with Crippen LogP contribution in [-0.4, -0.2) is 48.5 Å². The van der Waals surface area contributed by atoms with Gasteiger partial charge in [-0.2, -0.15) is 0 Å². The van der Waals surface area contributed by atoms with Crippen LogP contribution in [0.1, 0.15) is 27.7 Å². The van der Waals surface area contributed by atoms with Gasteiger partial charge in [-0.1, -0.05) is 42.5 Å². The van der Waals surface area contributed by atoms with E-state index in [1.54, 1.807) is 17.5 Å². The van der Waals surface area contributed by atoms with Gasteiger partial charge in [0.2, 0.25) is 5.91 Å². The number of nitrogens with zero attached hydrogens (tertiary/aromatic N) is 3. The number of amides is 1. The highest BCUT2D eigenvalue weighted by molar-refractivity contribution is 7.09. The maximum atomic E-state index is 12.9. The minimum absolute atomic E-state index is 0.0410. The van der Waals surface area contributed by atoms with Gasteiger partial charge in [0.15, 0.2) is 0 Å². The minimum atomic E-state index is -0.199. The van der Waals surface area contributed by atoms with Gasteiger partial charge in [-0.05, 0) is 36.6 Å². The second kappa shape index (κ2) is 9.41. The summed E-state index contributed by atoms with van der Waals surface area (Å²) in [5, 5.41) is 6.06. The Kier molecular flexibility index (Phi) is 6.45. The lowest BCUT2D eigenvalue weighted by molar-refractivity contribution is -0.122. The van der Waals surface area contributed by atoms with E-state index >= 15 is 0 Å². The van der Waals surface area contributed by atoms with Crippen molar-refractivity contribution >= 4 is 22.9 Å². The highest BCUT2D eigenvalue weighted by Crippen LogP contribution is 2.25. The highest BCUT2D eigenvalue weighted by atomic mass is 32.1. The lowest BCUT2D eigenvalue weighted by atomic mass is 10.1. The number of hydrogen-bond acceptors (Lipinski definition) is 5. The Morgan fingerprint density at radius 3 is 2.53 bits per heavy atom. The van der Waals surface area contributed by atoms with Gasteiger partial charge in [0.25, 0.3) is 0 Å². The fraction of sp³-hybridized carbons (Fsp3) is 0.333. The molecule has 2 heterocycles. The zero-order valence-corrected chi connectivity index (χ0v) is 18.4. The van der Waals surface area contributed by atoms with Crippen molar-refractivity contribution in [2.75, 3.05) is 37.6 Å². The molecule has 1 aliphatic rings. The molecule has 5 nitrogen and oxygen atoms in total. The number of hydrogen-bond donors (Lipinski definition) is 1. The van der Waals surface area contributed by atoms with E-state index in [4.69, 9.17) is 0 Å². The Labute approximate surface area is 182 Å². The van der Waals surface area contributed by atoms with Crippen LogP contribution in [-0.2, 0) is 4.79 Å². The standard InChI is InChI=1S/C24H28N4OS/c1-18-7-6-10-21(19(18)2)28-14-12-27(13-15-28)17-22(29)26-23(24-25-11-16-30-24)20-8-4-3-5-9-20/h3-11,16,23H,12-15,17H2,1-2H3,(H,26,29). The predicted octanol–water partition coefficient (Wildman–Crippen LogP) is 3.79. The van der Waals surface area contributed by atoms with Crippen LogP contribution in [0.3, 0.4) is 0 Å². The van der Waals surface area contributed by atoms with Crippen molar-refractivity contribution in [3.8, 4) is 0 Å². The minimum Gasteiger partial charge on any atom is -0.369 e. The number of thiazole rings is 1. The predicted molar refractivity (Wildman–Crippen MR) is 123 cm³/mol. The molecule has 2 aromatic carbocycles. The maximum Gasteiger partial charge on any atom is 0.235 e. The fourth-order valence-electron chi connectivity index (χ4n) is 3.94. The lowest BCUT2D eigenvalue weighted by Crippen LogP contribution is -2.50. The first kappa shape index (κ1) is 20.6. The summed E-state index contributed by atoms with van der Waals surface area (Å²) in [5.74, 6) is 0.0410. The molecular formula is C24H28N4OS. The number of carbonyl (C=O) groups excluding carboxylic acids is 1. The van der Waals surface area contributed by atoms with Crippen LogP contribution in [0.5, 0.6) is 0 Å². The lowest BCUT2D eigenvalue weighted by Gasteiger charge is -2.36. The molecule has 6 heteroatoms. The molecule has 1 aromatic heterocycles. The van der Waals surface area contributed by atoms with E-state index in [0.29, 0.717) is 6.54 Å². The van der Waals surface area contributed by atoms with Crippen molar-refractivity contribution in [2.24, 2.45) is 0 Å². The molecule has 0 spiro atoms. The first-order chi connectivity index (χ1) is 14.6. The Balaban J connectivity index is 1.36. The van der Waals surface area contributed by atoms with Gasteiger partial charge < -0.3 is 10.2 Å². The van der Waals surface area contributed by atoms with Crippen LogP contribution in [0.4, 0.5) is 5.69 Å². The Morgan fingerprint density at radius 2 is 1.83 bits per heavy atom. The molecule has 4 rings (SSSR count). The molecule has 1 amide bonds. The molecule has 3 aromatic rings. The zero-order chi connectivity index (χ0) is 20.9. The summed E-state index contributed by atoms with van der Waals surface area (Å²) < 4.78 is 0. The highest BCUT2D eigenvalue weighted by Gasteiger charge is 2.23. The Bertz CT molecular complexity index is 966. The van der Waals surface area contributed by atoms with Crippen molar-refractivity contribution in [3.05, 3.63) is 81.8 Å². The number of aryl methyl sites for hydroxylation is 1. The average molecular weight is 421 g/mol. The molecule has 0 radical (unpaired) electrons. The Morgan fingerprint density at radius 1 is 1.07 bits per heavy atom. The summed E-state index contributed by atoms with van der Waals surface area (Å²) in [4.78, 5) is 22.0. The number of rotatable bonds is 6. The quantitative estimate of drug-likeness (QED) is 0.659. The van der Waals surface area contributed by atoms with Crippen LogP contribution in [0.25, 0.3) is 0 Å². The smallest absolute Gasteiger partial charge is 0.235 e. The summed E-state index contributed by atoms with van der Waals surface area (Å²) in [6, 6.07) is 16.3. The first-order valence-corrected chi connectivity index (χ1v) is 11.3. The van der Waals surface area contributed by atoms with E-state index in [1.807, 2.05) is 35.7 Å². The van der Waals surface area contributed by atoms with E-state index < -0.39 is 0 Å². The van der Waals surface area contributed by atoms with Gasteiger partial charge in [-0.25, -0.2) is 4.98 Å². The Hall–Kier alpha value is -2.70. The largest absolute Gasteiger partial charge is 0.369 e. The molecule has 30 heavy (non-hydrogen) atoms. The van der Waals surface area contributed by atoms with E-state index in [1.165, 1.54) is 16.8 Å². The van der Waals surface area contributed by atoms with Gasteiger partial charge in [-0.15, -0.1) is 11.3 Å². The van der Waals surface area contributed by atoms with Crippen LogP contribution in [0, 0.1) is 13.8 Å². The molecular weight excluding hydrogens is 392 g/mol. The summed E-state index contributed by atoms with van der Waals surface area (Å²) in [6.07, 6.45) is 1.79. The van der Waals surface area contributed by atoms with Gasteiger partial charge in [0.05, 0.1) is 6.54 Å². The van der Waals surface area contributed by atoms with Crippen LogP contribution in [0.15, 0.2) is 60.1 Å². The topological polar surface area (TPSA) is 48.5 Å². The summed E-state index contributed by atoms with van der Waals surface area (Å²) >= 11 is 1.57. The van der Waals surface area contributed by atoms with Crippen molar-refractivity contribution in [1.82, 2.24) is 15.2 Å². The van der Waals surface area contributed by atoms with Crippen molar-refractivity contribution in [1.29, 1.82) is 0 Å². The van der Waals surface area contributed by atoms with Crippen molar-refractivity contribution in [2.45, 2.75) is 19.9 Å². The molecule has 0 aliphatic carbocycles. The monoisotopic (exact) mass is 420 g/mol. The van der Waals surface area contributed by atoms with Crippen molar-refractivity contribution < 1.29 is 4.79 Å². The number of anilines is 1. The molecule has 1 N–H and O–H groups in total. The summed E-state index contributed by atoms with van der Waals surface area (Å²) in [6.45, 7) is 8.40. The number of aromatic nitrogens is 1. The normalized spacial score (nSPS) is 15.7.